The van der Waals surface area contributed by atoms with Crippen LogP contribution in [-0.4, -0.2) is 12.2 Å². The third-order valence-electron chi connectivity index (χ3n) is 3.29. The summed E-state index contributed by atoms with van der Waals surface area (Å²) in [6.07, 6.45) is 1.22. The predicted molar refractivity (Wildman–Crippen MR) is 76.7 cm³/mol. The standard InChI is InChI=1S/C14H13IO3/c1-17-9-4-2-8(3-5-9)14-13(15)12-10(16)6-7-11(12)18-14/h2-5,10,16H,6-7H2,1H3. The number of hydrogen-bond donors (Lipinski definition) is 1. The zero-order chi connectivity index (χ0) is 12.7. The molecular weight excluding hydrogens is 343 g/mol. The van der Waals surface area contributed by atoms with Gasteiger partial charge in [0.1, 0.15) is 17.3 Å². The zero-order valence-corrected chi connectivity index (χ0v) is 12.1. The van der Waals surface area contributed by atoms with Crippen molar-refractivity contribution in [3.05, 3.63) is 39.2 Å². The van der Waals surface area contributed by atoms with E-state index in [1.807, 2.05) is 24.3 Å². The maximum absolute atomic E-state index is 9.92. The molecule has 0 aliphatic heterocycles. The van der Waals surface area contributed by atoms with Gasteiger partial charge < -0.3 is 14.3 Å². The minimum absolute atomic E-state index is 0.373. The van der Waals surface area contributed by atoms with E-state index in [0.29, 0.717) is 0 Å². The summed E-state index contributed by atoms with van der Waals surface area (Å²) in [5.74, 6) is 2.60. The molecule has 0 spiro atoms. The fourth-order valence-corrected chi connectivity index (χ4v) is 3.41. The van der Waals surface area contributed by atoms with Crippen LogP contribution in [0.3, 0.4) is 0 Å². The average Bonchev–Trinajstić information content (AvgIpc) is 2.92. The van der Waals surface area contributed by atoms with Crippen LogP contribution < -0.4 is 4.74 Å². The lowest BCUT2D eigenvalue weighted by Crippen LogP contribution is -1.91. The number of aliphatic hydroxyl groups excluding tert-OH is 1. The lowest BCUT2D eigenvalue weighted by atomic mass is 10.1. The van der Waals surface area contributed by atoms with E-state index in [2.05, 4.69) is 22.6 Å². The van der Waals surface area contributed by atoms with Crippen molar-refractivity contribution in [3.8, 4) is 17.1 Å². The average molecular weight is 356 g/mol. The monoisotopic (exact) mass is 356 g/mol. The van der Waals surface area contributed by atoms with Crippen molar-refractivity contribution < 1.29 is 14.3 Å². The van der Waals surface area contributed by atoms with Crippen molar-refractivity contribution in [2.45, 2.75) is 18.9 Å². The van der Waals surface area contributed by atoms with E-state index in [4.69, 9.17) is 9.15 Å². The number of ether oxygens (including phenoxy) is 1. The summed E-state index contributed by atoms with van der Waals surface area (Å²) in [7, 11) is 1.65. The van der Waals surface area contributed by atoms with Crippen LogP contribution in [0.2, 0.25) is 0 Å². The number of fused-ring (bicyclic) bond motifs is 1. The molecule has 1 aliphatic rings. The second kappa shape index (κ2) is 4.59. The van der Waals surface area contributed by atoms with Crippen LogP contribution in [0.5, 0.6) is 5.75 Å². The summed E-state index contributed by atoms with van der Waals surface area (Å²) in [5.41, 5.74) is 1.99. The number of halogens is 1. The molecule has 2 aromatic rings. The van der Waals surface area contributed by atoms with E-state index in [-0.39, 0.29) is 6.10 Å². The summed E-state index contributed by atoms with van der Waals surface area (Å²) >= 11 is 2.25. The highest BCUT2D eigenvalue weighted by Gasteiger charge is 2.29. The Bertz CT molecular complexity index is 571. The van der Waals surface area contributed by atoms with Crippen LogP contribution in [0, 0.1) is 3.57 Å². The number of aliphatic hydroxyl groups is 1. The quantitative estimate of drug-likeness (QED) is 0.837. The van der Waals surface area contributed by atoms with Crippen LogP contribution in [0.4, 0.5) is 0 Å². The van der Waals surface area contributed by atoms with Crippen molar-refractivity contribution in [1.29, 1.82) is 0 Å². The number of methoxy groups -OCH3 is 1. The molecule has 0 radical (unpaired) electrons. The van der Waals surface area contributed by atoms with Crippen molar-refractivity contribution in [2.75, 3.05) is 7.11 Å². The molecule has 0 saturated heterocycles. The lowest BCUT2D eigenvalue weighted by Gasteiger charge is -2.04. The maximum Gasteiger partial charge on any atom is 0.147 e. The predicted octanol–water partition coefficient (Wildman–Crippen LogP) is 3.54. The minimum atomic E-state index is -0.373. The highest BCUT2D eigenvalue weighted by Crippen LogP contribution is 2.42. The molecule has 1 aliphatic carbocycles. The van der Waals surface area contributed by atoms with Crippen LogP contribution in [0.25, 0.3) is 11.3 Å². The fourth-order valence-electron chi connectivity index (χ4n) is 2.33. The first-order valence-corrected chi connectivity index (χ1v) is 6.92. The summed E-state index contributed by atoms with van der Waals surface area (Å²) in [4.78, 5) is 0. The van der Waals surface area contributed by atoms with Crippen LogP contribution in [0.15, 0.2) is 28.7 Å². The second-order valence-electron chi connectivity index (χ2n) is 4.36. The van der Waals surface area contributed by atoms with E-state index in [9.17, 15) is 5.11 Å². The lowest BCUT2D eigenvalue weighted by molar-refractivity contribution is 0.179. The molecule has 0 saturated carbocycles. The second-order valence-corrected chi connectivity index (χ2v) is 5.44. The maximum atomic E-state index is 9.92. The highest BCUT2D eigenvalue weighted by molar-refractivity contribution is 14.1. The normalized spacial score (nSPS) is 17.8. The number of hydrogen-bond acceptors (Lipinski definition) is 3. The molecule has 1 heterocycles. The number of rotatable bonds is 2. The Balaban J connectivity index is 2.04. The van der Waals surface area contributed by atoms with E-state index in [1.54, 1.807) is 7.11 Å². The molecule has 1 aromatic carbocycles. The Kier molecular flexibility index (Phi) is 3.07. The smallest absolute Gasteiger partial charge is 0.147 e. The van der Waals surface area contributed by atoms with Gasteiger partial charge in [-0.3, -0.25) is 0 Å². The van der Waals surface area contributed by atoms with Gasteiger partial charge in [-0.25, -0.2) is 0 Å². The number of aryl methyl sites for hydroxylation is 1. The van der Waals surface area contributed by atoms with E-state index < -0.39 is 0 Å². The third-order valence-corrected chi connectivity index (χ3v) is 4.36. The summed E-state index contributed by atoms with van der Waals surface area (Å²) < 4.78 is 12.0. The first-order valence-electron chi connectivity index (χ1n) is 5.84. The first kappa shape index (κ1) is 12.0. The Labute approximate surface area is 119 Å². The molecule has 0 bridgehead atoms. The summed E-state index contributed by atoms with van der Waals surface area (Å²) in [6, 6.07) is 7.77. The Morgan fingerprint density at radius 1 is 1.33 bits per heavy atom. The van der Waals surface area contributed by atoms with Gasteiger partial charge in [0, 0.05) is 17.5 Å². The molecule has 0 amide bonds. The molecule has 1 N–H and O–H groups in total. The van der Waals surface area contributed by atoms with Crippen molar-refractivity contribution in [2.24, 2.45) is 0 Å². The summed E-state index contributed by atoms with van der Waals surface area (Å²) in [5, 5.41) is 9.92. The van der Waals surface area contributed by atoms with Crippen LogP contribution in [-0.2, 0) is 6.42 Å². The molecule has 4 heteroatoms. The molecule has 3 rings (SSSR count). The van der Waals surface area contributed by atoms with Gasteiger partial charge in [0.15, 0.2) is 0 Å². The SMILES string of the molecule is COc1ccc(-c2oc3c(c2I)C(O)CC3)cc1. The molecule has 3 nitrogen and oxygen atoms in total. The first-order chi connectivity index (χ1) is 8.70. The van der Waals surface area contributed by atoms with Crippen LogP contribution in [0.1, 0.15) is 23.8 Å². The fraction of sp³-hybridized carbons (Fsp3) is 0.286. The Hall–Kier alpha value is -1.01. The van der Waals surface area contributed by atoms with Crippen molar-refractivity contribution in [3.63, 3.8) is 0 Å². The van der Waals surface area contributed by atoms with Gasteiger partial charge in [-0.15, -0.1) is 0 Å². The van der Waals surface area contributed by atoms with Crippen LogP contribution >= 0.6 is 22.6 Å². The van der Waals surface area contributed by atoms with Crippen molar-refractivity contribution in [1.82, 2.24) is 0 Å². The zero-order valence-electron chi connectivity index (χ0n) is 9.94. The van der Waals surface area contributed by atoms with E-state index >= 15 is 0 Å². The van der Waals surface area contributed by atoms with Gasteiger partial charge in [-0.2, -0.15) is 0 Å². The molecular formula is C14H13IO3. The van der Waals surface area contributed by atoms with Crippen molar-refractivity contribution >= 4 is 22.6 Å². The molecule has 94 valence electrons. The van der Waals surface area contributed by atoms with E-state index in [1.165, 1.54) is 0 Å². The van der Waals surface area contributed by atoms with Gasteiger partial charge in [0.25, 0.3) is 0 Å². The topological polar surface area (TPSA) is 42.6 Å². The van der Waals surface area contributed by atoms with Gasteiger partial charge in [-0.1, -0.05) is 0 Å². The minimum Gasteiger partial charge on any atom is -0.497 e. The van der Waals surface area contributed by atoms with Gasteiger partial charge >= 0.3 is 0 Å². The largest absolute Gasteiger partial charge is 0.497 e. The van der Waals surface area contributed by atoms with Gasteiger partial charge in [0.05, 0.1) is 16.8 Å². The highest BCUT2D eigenvalue weighted by atomic mass is 127. The molecule has 0 fully saturated rings. The summed E-state index contributed by atoms with van der Waals surface area (Å²) in [6.45, 7) is 0. The Morgan fingerprint density at radius 2 is 2.06 bits per heavy atom. The molecule has 1 aromatic heterocycles. The van der Waals surface area contributed by atoms with Gasteiger partial charge in [-0.05, 0) is 53.3 Å². The Morgan fingerprint density at radius 3 is 2.67 bits per heavy atom. The number of benzene rings is 1. The molecule has 1 unspecified atom stereocenters. The number of furan rings is 1. The third kappa shape index (κ3) is 1.83. The van der Waals surface area contributed by atoms with Gasteiger partial charge in [0.2, 0.25) is 0 Å². The van der Waals surface area contributed by atoms with E-state index in [0.717, 1.165) is 44.8 Å². The molecule has 1 atom stereocenters. The molecule has 18 heavy (non-hydrogen) atoms.